The standard InChI is InChI=1S/C22H23F2N3O2/c1-25-8-10-26(11-9-25)22(29)27-14-15(18-13-16(23)6-7-19(18)24)12-20(27)17-4-2-3-5-21(17)28/h2-7,12-13,20,28H,8-11,14H2,1H3. The van der Waals surface area contributed by atoms with Crippen LogP contribution in [0.25, 0.3) is 5.57 Å². The van der Waals surface area contributed by atoms with Gasteiger partial charge in [0.15, 0.2) is 0 Å². The number of phenolic OH excluding ortho intramolecular Hbond substituents is 1. The maximum absolute atomic E-state index is 14.4. The molecule has 0 radical (unpaired) electrons. The van der Waals surface area contributed by atoms with Crippen molar-refractivity contribution >= 4 is 11.6 Å². The second-order valence-corrected chi connectivity index (χ2v) is 7.52. The molecule has 29 heavy (non-hydrogen) atoms. The van der Waals surface area contributed by atoms with E-state index in [4.69, 9.17) is 0 Å². The number of halogens is 2. The monoisotopic (exact) mass is 399 g/mol. The van der Waals surface area contributed by atoms with E-state index in [9.17, 15) is 18.7 Å². The van der Waals surface area contributed by atoms with Crippen LogP contribution in [-0.4, -0.2) is 65.6 Å². The van der Waals surface area contributed by atoms with E-state index in [1.807, 2.05) is 7.05 Å². The number of aromatic hydroxyl groups is 1. The van der Waals surface area contributed by atoms with Gasteiger partial charge in [-0.2, -0.15) is 0 Å². The van der Waals surface area contributed by atoms with E-state index in [1.165, 1.54) is 0 Å². The van der Waals surface area contributed by atoms with Gasteiger partial charge in [0, 0.05) is 43.9 Å². The predicted molar refractivity (Wildman–Crippen MR) is 106 cm³/mol. The van der Waals surface area contributed by atoms with E-state index in [1.54, 1.807) is 40.1 Å². The normalized spacial score (nSPS) is 20.1. The summed E-state index contributed by atoms with van der Waals surface area (Å²) in [6.45, 7) is 2.90. The Morgan fingerprint density at radius 2 is 1.79 bits per heavy atom. The van der Waals surface area contributed by atoms with Crippen molar-refractivity contribution in [3.05, 3.63) is 71.3 Å². The summed E-state index contributed by atoms with van der Waals surface area (Å²) in [5.74, 6) is -1.02. The SMILES string of the molecule is CN1CCN(C(=O)N2CC(c3cc(F)ccc3F)=CC2c2ccccc2O)CC1. The number of hydrogen-bond acceptors (Lipinski definition) is 3. The van der Waals surface area contributed by atoms with Crippen LogP contribution in [0.1, 0.15) is 17.2 Å². The van der Waals surface area contributed by atoms with Gasteiger partial charge in [0.25, 0.3) is 0 Å². The van der Waals surface area contributed by atoms with Crippen molar-refractivity contribution in [1.82, 2.24) is 14.7 Å². The van der Waals surface area contributed by atoms with Crippen molar-refractivity contribution < 1.29 is 18.7 Å². The highest BCUT2D eigenvalue weighted by Gasteiger charge is 2.36. The lowest BCUT2D eigenvalue weighted by Crippen LogP contribution is -2.51. The number of amides is 2. The molecule has 1 fully saturated rings. The Kier molecular flexibility index (Phi) is 5.24. The van der Waals surface area contributed by atoms with Gasteiger partial charge in [0.05, 0.1) is 6.04 Å². The first-order chi connectivity index (χ1) is 13.9. The molecule has 2 aliphatic rings. The maximum Gasteiger partial charge on any atom is 0.321 e. The molecule has 2 aromatic rings. The number of piperazine rings is 1. The fourth-order valence-corrected chi connectivity index (χ4v) is 3.89. The zero-order chi connectivity index (χ0) is 20.5. The largest absolute Gasteiger partial charge is 0.508 e. The van der Waals surface area contributed by atoms with E-state index >= 15 is 0 Å². The molecule has 2 aliphatic heterocycles. The molecule has 0 spiro atoms. The molecule has 2 aromatic carbocycles. The molecular weight excluding hydrogens is 376 g/mol. The molecule has 0 saturated carbocycles. The summed E-state index contributed by atoms with van der Waals surface area (Å²) in [7, 11) is 2.01. The number of carbonyl (C=O) groups is 1. The van der Waals surface area contributed by atoms with Gasteiger partial charge in [0.1, 0.15) is 17.4 Å². The van der Waals surface area contributed by atoms with Gasteiger partial charge in [-0.05, 0) is 36.9 Å². The Morgan fingerprint density at radius 1 is 1.07 bits per heavy atom. The lowest BCUT2D eigenvalue weighted by atomic mass is 10.0. The predicted octanol–water partition coefficient (Wildman–Crippen LogP) is 3.48. The fraction of sp³-hybridized carbons (Fsp3) is 0.318. The third kappa shape index (κ3) is 3.82. The van der Waals surface area contributed by atoms with Gasteiger partial charge in [-0.1, -0.05) is 24.3 Å². The van der Waals surface area contributed by atoms with Gasteiger partial charge in [-0.25, -0.2) is 13.6 Å². The molecular formula is C22H23F2N3O2. The summed E-state index contributed by atoms with van der Waals surface area (Å²) < 4.78 is 28.1. The maximum atomic E-state index is 14.4. The van der Waals surface area contributed by atoms with Crippen molar-refractivity contribution in [1.29, 1.82) is 0 Å². The zero-order valence-electron chi connectivity index (χ0n) is 16.2. The third-order valence-corrected chi connectivity index (χ3v) is 5.58. The molecule has 1 unspecified atom stereocenters. The van der Waals surface area contributed by atoms with Crippen molar-refractivity contribution in [3.63, 3.8) is 0 Å². The minimum absolute atomic E-state index is 0.0610. The molecule has 0 aliphatic carbocycles. The molecule has 4 rings (SSSR count). The van der Waals surface area contributed by atoms with Gasteiger partial charge in [-0.3, -0.25) is 0 Å². The first kappa shape index (κ1) is 19.4. The smallest absolute Gasteiger partial charge is 0.321 e. The highest BCUT2D eigenvalue weighted by atomic mass is 19.1. The highest BCUT2D eigenvalue weighted by molar-refractivity contribution is 5.82. The molecule has 5 nitrogen and oxygen atoms in total. The summed E-state index contributed by atoms with van der Waals surface area (Å²) in [6, 6.07) is 9.36. The zero-order valence-corrected chi connectivity index (χ0v) is 16.2. The number of hydrogen-bond donors (Lipinski definition) is 1. The molecule has 7 heteroatoms. The fourth-order valence-electron chi connectivity index (χ4n) is 3.89. The van der Waals surface area contributed by atoms with E-state index in [-0.39, 0.29) is 23.9 Å². The average Bonchev–Trinajstić information content (AvgIpc) is 3.15. The minimum Gasteiger partial charge on any atom is -0.508 e. The quantitative estimate of drug-likeness (QED) is 0.841. The average molecular weight is 399 g/mol. The molecule has 2 amide bonds. The van der Waals surface area contributed by atoms with Crippen molar-refractivity contribution in [2.24, 2.45) is 0 Å². The first-order valence-corrected chi connectivity index (χ1v) is 9.62. The molecule has 0 aromatic heterocycles. The van der Waals surface area contributed by atoms with Gasteiger partial charge >= 0.3 is 6.03 Å². The van der Waals surface area contributed by atoms with Crippen LogP contribution in [0.4, 0.5) is 13.6 Å². The number of phenols is 1. The Bertz CT molecular complexity index is 955. The number of urea groups is 1. The number of rotatable bonds is 2. The Hall–Kier alpha value is -2.93. The lowest BCUT2D eigenvalue weighted by molar-refractivity contribution is 0.121. The number of para-hydroxylation sites is 1. The molecule has 2 heterocycles. The Morgan fingerprint density at radius 3 is 2.52 bits per heavy atom. The summed E-state index contributed by atoms with van der Waals surface area (Å²) in [6.07, 6.45) is 1.74. The van der Waals surface area contributed by atoms with Crippen molar-refractivity contribution in [2.45, 2.75) is 6.04 Å². The molecule has 1 N–H and O–H groups in total. The molecule has 1 atom stereocenters. The second-order valence-electron chi connectivity index (χ2n) is 7.52. The van der Waals surface area contributed by atoms with Crippen LogP contribution in [0.2, 0.25) is 0 Å². The first-order valence-electron chi connectivity index (χ1n) is 9.62. The molecule has 0 bridgehead atoms. The van der Waals surface area contributed by atoms with E-state index in [0.717, 1.165) is 31.3 Å². The van der Waals surface area contributed by atoms with Crippen LogP contribution in [0.3, 0.4) is 0 Å². The minimum atomic E-state index is -0.555. The summed E-state index contributed by atoms with van der Waals surface area (Å²) in [5, 5.41) is 10.3. The van der Waals surface area contributed by atoms with Crippen LogP contribution < -0.4 is 0 Å². The topological polar surface area (TPSA) is 47.0 Å². The van der Waals surface area contributed by atoms with Crippen molar-refractivity contribution in [3.8, 4) is 5.75 Å². The lowest BCUT2D eigenvalue weighted by Gasteiger charge is -2.37. The van der Waals surface area contributed by atoms with Crippen LogP contribution in [0.15, 0.2) is 48.5 Å². The highest BCUT2D eigenvalue weighted by Crippen LogP contribution is 2.39. The van der Waals surface area contributed by atoms with E-state index < -0.39 is 17.7 Å². The summed E-state index contributed by atoms with van der Waals surface area (Å²) in [4.78, 5) is 18.8. The van der Waals surface area contributed by atoms with E-state index in [2.05, 4.69) is 4.90 Å². The van der Waals surface area contributed by atoms with Crippen LogP contribution >= 0.6 is 0 Å². The van der Waals surface area contributed by atoms with Gasteiger partial charge < -0.3 is 19.8 Å². The number of nitrogens with zero attached hydrogens (tertiary/aromatic N) is 3. The van der Waals surface area contributed by atoms with E-state index in [0.29, 0.717) is 24.2 Å². The van der Waals surface area contributed by atoms with Crippen LogP contribution in [-0.2, 0) is 0 Å². The Balaban J connectivity index is 1.70. The number of likely N-dealkylation sites (N-methyl/N-ethyl adjacent to an activating group) is 1. The van der Waals surface area contributed by atoms with Gasteiger partial charge in [0.2, 0.25) is 0 Å². The number of benzene rings is 2. The third-order valence-electron chi connectivity index (χ3n) is 5.58. The summed E-state index contributed by atoms with van der Waals surface area (Å²) in [5.41, 5.74) is 1.22. The van der Waals surface area contributed by atoms with Crippen molar-refractivity contribution in [2.75, 3.05) is 39.8 Å². The Labute approximate surface area is 168 Å². The van der Waals surface area contributed by atoms with Crippen LogP contribution in [0.5, 0.6) is 5.75 Å². The second kappa shape index (κ2) is 7.83. The summed E-state index contributed by atoms with van der Waals surface area (Å²) >= 11 is 0. The molecule has 1 saturated heterocycles. The van der Waals surface area contributed by atoms with Crippen LogP contribution in [0, 0.1) is 11.6 Å². The number of carbonyl (C=O) groups excluding carboxylic acids is 1. The molecule has 152 valence electrons. The van der Waals surface area contributed by atoms with Gasteiger partial charge in [-0.15, -0.1) is 0 Å².